The van der Waals surface area contributed by atoms with E-state index in [1.165, 1.54) is 13.2 Å². The van der Waals surface area contributed by atoms with E-state index in [1.807, 2.05) is 13.0 Å². The summed E-state index contributed by atoms with van der Waals surface area (Å²) in [7, 11) is 1.24. The highest BCUT2D eigenvalue weighted by Crippen LogP contribution is 2.26. The Morgan fingerprint density at radius 2 is 1.97 bits per heavy atom. The molecule has 2 aromatic rings. The molecule has 0 aromatic heterocycles. The van der Waals surface area contributed by atoms with Crippen molar-refractivity contribution in [2.75, 3.05) is 25.6 Å². The Balaban J connectivity index is 1.74. The Kier molecular flexibility index (Phi) is 7.26. The number of imide groups is 1. The first-order chi connectivity index (χ1) is 15.3. The van der Waals surface area contributed by atoms with Crippen molar-refractivity contribution in [2.45, 2.75) is 6.92 Å². The first-order valence-corrected chi connectivity index (χ1v) is 10.3. The highest BCUT2D eigenvalue weighted by molar-refractivity contribution is 9.10. The molecule has 3 rings (SSSR count). The fourth-order valence-corrected chi connectivity index (χ4v) is 3.28. The summed E-state index contributed by atoms with van der Waals surface area (Å²) in [5.74, 6) is -1.43. The Hall–Kier alpha value is -3.66. The van der Waals surface area contributed by atoms with Crippen LogP contribution in [0.15, 0.2) is 52.6 Å². The van der Waals surface area contributed by atoms with E-state index in [4.69, 9.17) is 4.74 Å². The van der Waals surface area contributed by atoms with E-state index >= 15 is 0 Å². The monoisotopic (exact) mass is 501 g/mol. The predicted octanol–water partition coefficient (Wildman–Crippen LogP) is 2.84. The number of nitrogens with one attached hydrogen (secondary N) is 2. The molecule has 0 bridgehead atoms. The number of methoxy groups -OCH3 is 1. The zero-order chi connectivity index (χ0) is 23.3. The lowest BCUT2D eigenvalue weighted by molar-refractivity contribution is -0.142. The fraction of sp³-hybridized carbons (Fsp3) is 0.182. The van der Waals surface area contributed by atoms with Crippen LogP contribution in [0.2, 0.25) is 0 Å². The van der Waals surface area contributed by atoms with Crippen LogP contribution in [0.5, 0.6) is 5.75 Å². The van der Waals surface area contributed by atoms with Crippen molar-refractivity contribution < 1.29 is 28.7 Å². The number of anilines is 1. The van der Waals surface area contributed by atoms with Crippen LogP contribution in [0.4, 0.5) is 10.5 Å². The van der Waals surface area contributed by atoms with Gasteiger partial charge in [0.25, 0.3) is 5.91 Å². The fourth-order valence-electron chi connectivity index (χ4n) is 2.90. The van der Waals surface area contributed by atoms with E-state index in [2.05, 4.69) is 31.3 Å². The molecular formula is C22H20BrN3O6. The zero-order valence-electron chi connectivity index (χ0n) is 17.3. The number of rotatable bonds is 7. The van der Waals surface area contributed by atoms with E-state index in [-0.39, 0.29) is 12.3 Å². The molecule has 2 N–H and O–H groups in total. The number of nitrogens with zero attached hydrogens (tertiary/aromatic N) is 1. The number of halogens is 1. The van der Waals surface area contributed by atoms with Gasteiger partial charge in [0.1, 0.15) is 18.0 Å². The molecule has 32 heavy (non-hydrogen) atoms. The van der Waals surface area contributed by atoms with Crippen molar-refractivity contribution in [1.82, 2.24) is 10.2 Å². The number of aryl methyl sites for hydroxylation is 1. The van der Waals surface area contributed by atoms with Gasteiger partial charge in [0.2, 0.25) is 5.91 Å². The maximum absolute atomic E-state index is 12.7. The van der Waals surface area contributed by atoms with E-state index in [0.717, 1.165) is 10.5 Å². The molecule has 0 atom stereocenters. The third kappa shape index (κ3) is 5.73. The lowest BCUT2D eigenvalue weighted by Gasteiger charge is -2.12. The molecule has 9 nitrogen and oxygen atoms in total. The summed E-state index contributed by atoms with van der Waals surface area (Å²) in [5, 5.41) is 5.12. The number of urea groups is 1. The lowest BCUT2D eigenvalue weighted by Crippen LogP contribution is -2.38. The van der Waals surface area contributed by atoms with Gasteiger partial charge in [0, 0.05) is 15.7 Å². The number of ether oxygens (including phenoxy) is 2. The smallest absolute Gasteiger partial charge is 0.343 e. The quantitative estimate of drug-likeness (QED) is 0.342. The average Bonchev–Trinajstić information content (AvgIpc) is 3.00. The van der Waals surface area contributed by atoms with Gasteiger partial charge in [0.15, 0.2) is 6.61 Å². The number of amides is 4. The molecule has 10 heteroatoms. The molecule has 1 saturated heterocycles. The van der Waals surface area contributed by atoms with Crippen LogP contribution in [-0.2, 0) is 19.1 Å². The summed E-state index contributed by atoms with van der Waals surface area (Å²) in [6.07, 6.45) is 1.41. The van der Waals surface area contributed by atoms with Crippen LogP contribution >= 0.6 is 15.9 Å². The highest BCUT2D eigenvalue weighted by Gasteiger charge is 2.35. The van der Waals surface area contributed by atoms with E-state index in [9.17, 15) is 19.2 Å². The molecule has 0 saturated carbocycles. The molecule has 1 heterocycles. The van der Waals surface area contributed by atoms with Crippen molar-refractivity contribution in [3.05, 3.63) is 63.8 Å². The molecule has 1 aliphatic rings. The van der Waals surface area contributed by atoms with Gasteiger partial charge in [0.05, 0.1) is 7.11 Å². The normalized spacial score (nSPS) is 14.3. The second-order valence-corrected chi connectivity index (χ2v) is 7.76. The standard InChI is InChI=1S/C22H20BrN3O6/c1-13-4-3-5-16(8-13)24-19(27)11-26-21(29)17(25-22(26)30)10-14-9-15(23)6-7-18(14)32-12-20(28)31-2/h3-10H,11-12H2,1-2H3,(H,24,27)(H,25,30)/b17-10+. The number of esters is 1. The number of carbonyl (C=O) groups is 4. The van der Waals surface area contributed by atoms with Crippen molar-refractivity contribution in [3.63, 3.8) is 0 Å². The number of benzene rings is 2. The van der Waals surface area contributed by atoms with Gasteiger partial charge in [-0.3, -0.25) is 9.59 Å². The summed E-state index contributed by atoms with van der Waals surface area (Å²) in [4.78, 5) is 49.6. The van der Waals surface area contributed by atoms with Gasteiger partial charge < -0.3 is 20.1 Å². The molecule has 4 amide bonds. The Morgan fingerprint density at radius 1 is 1.19 bits per heavy atom. The van der Waals surface area contributed by atoms with Gasteiger partial charge in [-0.15, -0.1) is 0 Å². The van der Waals surface area contributed by atoms with Gasteiger partial charge in [-0.2, -0.15) is 0 Å². The summed E-state index contributed by atoms with van der Waals surface area (Å²) < 4.78 is 10.7. The van der Waals surface area contributed by atoms with E-state index in [0.29, 0.717) is 21.5 Å². The number of hydrogen-bond acceptors (Lipinski definition) is 6. The first-order valence-electron chi connectivity index (χ1n) is 9.47. The van der Waals surface area contributed by atoms with Crippen LogP contribution in [-0.4, -0.2) is 49.0 Å². The summed E-state index contributed by atoms with van der Waals surface area (Å²) in [6.45, 7) is 1.12. The van der Waals surface area contributed by atoms with E-state index < -0.39 is 30.4 Å². The second-order valence-electron chi connectivity index (χ2n) is 6.84. The molecule has 1 fully saturated rings. The van der Waals surface area contributed by atoms with Crippen LogP contribution in [0, 0.1) is 6.92 Å². The molecule has 0 aliphatic carbocycles. The Labute approximate surface area is 192 Å². The third-order valence-electron chi connectivity index (χ3n) is 4.41. The Morgan fingerprint density at radius 3 is 2.69 bits per heavy atom. The molecule has 0 unspecified atom stereocenters. The summed E-state index contributed by atoms with van der Waals surface area (Å²) in [6, 6.07) is 11.4. The van der Waals surface area contributed by atoms with Crippen molar-refractivity contribution >= 4 is 51.5 Å². The zero-order valence-corrected chi connectivity index (χ0v) is 18.9. The molecule has 166 valence electrons. The predicted molar refractivity (Wildman–Crippen MR) is 120 cm³/mol. The van der Waals surface area contributed by atoms with Crippen molar-refractivity contribution in [3.8, 4) is 5.75 Å². The molecular weight excluding hydrogens is 482 g/mol. The Bertz CT molecular complexity index is 1110. The van der Waals surface area contributed by atoms with Gasteiger partial charge in [-0.25, -0.2) is 14.5 Å². The SMILES string of the molecule is COC(=O)COc1ccc(Br)cc1/C=C1/NC(=O)N(CC(=O)Nc2cccc(C)c2)C1=O. The van der Waals surface area contributed by atoms with Crippen LogP contribution in [0.3, 0.4) is 0 Å². The highest BCUT2D eigenvalue weighted by atomic mass is 79.9. The largest absolute Gasteiger partial charge is 0.481 e. The summed E-state index contributed by atoms with van der Waals surface area (Å²) >= 11 is 3.34. The van der Waals surface area contributed by atoms with Crippen LogP contribution in [0.1, 0.15) is 11.1 Å². The number of carbonyl (C=O) groups excluding carboxylic acids is 4. The maximum Gasteiger partial charge on any atom is 0.343 e. The molecule has 2 aromatic carbocycles. The van der Waals surface area contributed by atoms with Crippen molar-refractivity contribution in [2.24, 2.45) is 0 Å². The summed E-state index contributed by atoms with van der Waals surface area (Å²) in [5.41, 5.74) is 1.94. The van der Waals surface area contributed by atoms with Gasteiger partial charge in [-0.1, -0.05) is 28.1 Å². The topological polar surface area (TPSA) is 114 Å². The molecule has 0 spiro atoms. The van der Waals surface area contributed by atoms with Gasteiger partial charge >= 0.3 is 12.0 Å². The van der Waals surface area contributed by atoms with Gasteiger partial charge in [-0.05, 0) is 48.9 Å². The minimum Gasteiger partial charge on any atom is -0.481 e. The average molecular weight is 502 g/mol. The van der Waals surface area contributed by atoms with Crippen LogP contribution in [0.25, 0.3) is 6.08 Å². The van der Waals surface area contributed by atoms with E-state index in [1.54, 1.807) is 36.4 Å². The number of hydrogen-bond donors (Lipinski definition) is 2. The third-order valence-corrected chi connectivity index (χ3v) is 4.90. The lowest BCUT2D eigenvalue weighted by atomic mass is 10.1. The molecule has 1 aliphatic heterocycles. The second kappa shape index (κ2) is 10.1. The minimum absolute atomic E-state index is 0.0284. The first kappa shape index (κ1) is 23.0. The maximum atomic E-state index is 12.7. The van der Waals surface area contributed by atoms with Crippen molar-refractivity contribution in [1.29, 1.82) is 0 Å². The minimum atomic E-state index is -0.715. The van der Waals surface area contributed by atoms with Crippen LogP contribution < -0.4 is 15.4 Å². The molecule has 0 radical (unpaired) electrons.